The maximum Gasteiger partial charge on any atom is 0.120 e. The molecule has 0 unspecified atom stereocenters. The van der Waals surface area contributed by atoms with Gasteiger partial charge in [0.1, 0.15) is 5.75 Å². The van der Waals surface area contributed by atoms with Gasteiger partial charge in [-0.1, -0.05) is 18.2 Å². The van der Waals surface area contributed by atoms with Crippen molar-refractivity contribution in [2.45, 2.75) is 33.2 Å². The van der Waals surface area contributed by atoms with Crippen LogP contribution in [0.25, 0.3) is 0 Å². The van der Waals surface area contributed by atoms with Crippen molar-refractivity contribution >= 4 is 0 Å². The first-order valence-electron chi connectivity index (χ1n) is 6.63. The van der Waals surface area contributed by atoms with Crippen molar-refractivity contribution in [2.75, 3.05) is 6.54 Å². The molecule has 102 valence electrons. The number of nitrogens with two attached hydrogens (primary N) is 1. The number of rotatable bonds is 5. The molecule has 4 heteroatoms. The maximum atomic E-state index is 9.82. The van der Waals surface area contributed by atoms with E-state index in [9.17, 15) is 5.11 Å². The molecule has 0 aliphatic rings. The molecule has 2 aromatic rings. The fraction of sp³-hybridized carbons (Fsp3) is 0.400. The van der Waals surface area contributed by atoms with Crippen LogP contribution >= 0.6 is 0 Å². The van der Waals surface area contributed by atoms with Crippen LogP contribution in [0.3, 0.4) is 0 Å². The van der Waals surface area contributed by atoms with E-state index in [0.29, 0.717) is 18.8 Å². The topological polar surface area (TPSA) is 64.1 Å². The molecule has 0 atom stereocenters. The number of aromatic nitrogens is 2. The van der Waals surface area contributed by atoms with Gasteiger partial charge in [0.15, 0.2) is 0 Å². The SMILES string of the molecule is Cc1nn(Cc2ccccc2O)c(C)c1CCCN. The molecule has 4 nitrogen and oxygen atoms in total. The number of benzene rings is 1. The van der Waals surface area contributed by atoms with Crippen LogP contribution in [0.5, 0.6) is 5.75 Å². The van der Waals surface area contributed by atoms with E-state index < -0.39 is 0 Å². The Hall–Kier alpha value is -1.81. The summed E-state index contributed by atoms with van der Waals surface area (Å²) >= 11 is 0. The zero-order chi connectivity index (χ0) is 13.8. The van der Waals surface area contributed by atoms with Gasteiger partial charge in [-0.2, -0.15) is 5.10 Å². The molecule has 1 aromatic carbocycles. The predicted molar refractivity (Wildman–Crippen MR) is 76.3 cm³/mol. The highest BCUT2D eigenvalue weighted by Crippen LogP contribution is 2.20. The number of hydrogen-bond donors (Lipinski definition) is 2. The van der Waals surface area contributed by atoms with E-state index in [2.05, 4.69) is 12.0 Å². The summed E-state index contributed by atoms with van der Waals surface area (Å²) in [5.74, 6) is 0.318. The minimum absolute atomic E-state index is 0.318. The highest BCUT2D eigenvalue weighted by atomic mass is 16.3. The Morgan fingerprint density at radius 1 is 1.26 bits per heavy atom. The summed E-state index contributed by atoms with van der Waals surface area (Å²) in [5.41, 5.74) is 9.95. The number of phenolic OH excluding ortho intramolecular Hbond substituents is 1. The van der Waals surface area contributed by atoms with Crippen LogP contribution in [0.15, 0.2) is 24.3 Å². The second-order valence-electron chi connectivity index (χ2n) is 4.83. The normalized spacial score (nSPS) is 10.9. The van der Waals surface area contributed by atoms with E-state index >= 15 is 0 Å². The van der Waals surface area contributed by atoms with Gasteiger partial charge in [0.05, 0.1) is 12.2 Å². The second kappa shape index (κ2) is 5.89. The molecule has 1 aromatic heterocycles. The number of aromatic hydroxyl groups is 1. The standard InChI is InChI=1S/C15H21N3O/c1-11-14(7-5-9-16)12(2)18(17-11)10-13-6-3-4-8-15(13)19/h3-4,6,8,19H,5,7,9-10,16H2,1-2H3. The van der Waals surface area contributed by atoms with Crippen molar-refractivity contribution in [2.24, 2.45) is 5.73 Å². The van der Waals surface area contributed by atoms with E-state index in [4.69, 9.17) is 5.73 Å². The third-order valence-corrected chi connectivity index (χ3v) is 3.47. The van der Waals surface area contributed by atoms with Crippen molar-refractivity contribution in [1.29, 1.82) is 0 Å². The van der Waals surface area contributed by atoms with E-state index in [-0.39, 0.29) is 0 Å². The molecule has 0 aliphatic heterocycles. The van der Waals surface area contributed by atoms with Crippen molar-refractivity contribution in [3.8, 4) is 5.75 Å². The number of aryl methyl sites for hydroxylation is 1. The molecule has 0 amide bonds. The van der Waals surface area contributed by atoms with Crippen LogP contribution in [0.2, 0.25) is 0 Å². The van der Waals surface area contributed by atoms with Crippen molar-refractivity contribution < 1.29 is 5.11 Å². The molecule has 2 rings (SSSR count). The Morgan fingerprint density at radius 3 is 2.68 bits per heavy atom. The zero-order valence-corrected chi connectivity index (χ0v) is 11.6. The van der Waals surface area contributed by atoms with Crippen molar-refractivity contribution in [3.05, 3.63) is 46.8 Å². The van der Waals surface area contributed by atoms with Crippen LogP contribution in [0.1, 0.15) is 28.9 Å². The number of nitrogens with zero attached hydrogens (tertiary/aromatic N) is 2. The molecular weight excluding hydrogens is 238 g/mol. The monoisotopic (exact) mass is 259 g/mol. The minimum Gasteiger partial charge on any atom is -0.508 e. The van der Waals surface area contributed by atoms with Crippen LogP contribution in [0.4, 0.5) is 0 Å². The summed E-state index contributed by atoms with van der Waals surface area (Å²) < 4.78 is 1.95. The van der Waals surface area contributed by atoms with E-state index in [1.807, 2.05) is 29.8 Å². The smallest absolute Gasteiger partial charge is 0.120 e. The van der Waals surface area contributed by atoms with Gasteiger partial charge in [-0.15, -0.1) is 0 Å². The summed E-state index contributed by atoms with van der Waals surface area (Å²) in [6.45, 7) is 5.40. The Bertz CT molecular complexity index is 561. The van der Waals surface area contributed by atoms with Crippen LogP contribution < -0.4 is 5.73 Å². The quantitative estimate of drug-likeness (QED) is 0.864. The van der Waals surface area contributed by atoms with E-state index in [1.54, 1.807) is 6.07 Å². The molecular formula is C15H21N3O. The lowest BCUT2D eigenvalue weighted by molar-refractivity contribution is 0.463. The van der Waals surface area contributed by atoms with Gasteiger partial charge in [-0.05, 0) is 44.9 Å². The Labute approximate surface area is 113 Å². The Balaban J connectivity index is 2.24. The Kier molecular flexibility index (Phi) is 4.22. The lowest BCUT2D eigenvalue weighted by Gasteiger charge is -2.07. The molecule has 19 heavy (non-hydrogen) atoms. The predicted octanol–water partition coefficient (Wildman–Crippen LogP) is 2.15. The first-order valence-corrected chi connectivity index (χ1v) is 6.63. The number of para-hydroxylation sites is 1. The number of hydrogen-bond acceptors (Lipinski definition) is 3. The largest absolute Gasteiger partial charge is 0.508 e. The fourth-order valence-electron chi connectivity index (χ4n) is 2.33. The van der Waals surface area contributed by atoms with Gasteiger partial charge in [-0.25, -0.2) is 0 Å². The molecule has 0 aliphatic carbocycles. The van der Waals surface area contributed by atoms with Crippen molar-refractivity contribution in [3.63, 3.8) is 0 Å². The van der Waals surface area contributed by atoms with Gasteiger partial charge < -0.3 is 10.8 Å². The van der Waals surface area contributed by atoms with Gasteiger partial charge in [0, 0.05) is 11.3 Å². The third-order valence-electron chi connectivity index (χ3n) is 3.47. The highest BCUT2D eigenvalue weighted by molar-refractivity contribution is 5.33. The summed E-state index contributed by atoms with van der Waals surface area (Å²) in [5, 5.41) is 14.4. The molecule has 0 saturated carbocycles. The molecule has 3 N–H and O–H groups in total. The van der Waals surface area contributed by atoms with Crippen LogP contribution in [-0.2, 0) is 13.0 Å². The average molecular weight is 259 g/mol. The molecule has 0 bridgehead atoms. The fourth-order valence-corrected chi connectivity index (χ4v) is 2.33. The summed E-state index contributed by atoms with van der Waals surface area (Å²) in [6.07, 6.45) is 1.94. The first kappa shape index (κ1) is 13.6. The lowest BCUT2D eigenvalue weighted by Crippen LogP contribution is -2.05. The van der Waals surface area contributed by atoms with E-state index in [1.165, 1.54) is 5.56 Å². The summed E-state index contributed by atoms with van der Waals surface area (Å²) in [7, 11) is 0. The highest BCUT2D eigenvalue weighted by Gasteiger charge is 2.12. The molecule has 0 spiro atoms. The Morgan fingerprint density at radius 2 is 2.00 bits per heavy atom. The minimum atomic E-state index is 0.318. The molecule has 0 fully saturated rings. The molecule has 0 saturated heterocycles. The maximum absolute atomic E-state index is 9.82. The van der Waals surface area contributed by atoms with Gasteiger partial charge in [0.25, 0.3) is 0 Å². The van der Waals surface area contributed by atoms with Gasteiger partial charge in [-0.3, -0.25) is 4.68 Å². The zero-order valence-electron chi connectivity index (χ0n) is 11.6. The van der Waals surface area contributed by atoms with E-state index in [0.717, 1.165) is 29.8 Å². The van der Waals surface area contributed by atoms with Crippen molar-refractivity contribution in [1.82, 2.24) is 9.78 Å². The number of phenols is 1. The molecule has 0 radical (unpaired) electrons. The average Bonchev–Trinajstić information content (AvgIpc) is 2.65. The van der Waals surface area contributed by atoms with Crippen LogP contribution in [-0.4, -0.2) is 21.4 Å². The lowest BCUT2D eigenvalue weighted by atomic mass is 10.1. The summed E-state index contributed by atoms with van der Waals surface area (Å²) in [4.78, 5) is 0. The molecule has 1 heterocycles. The van der Waals surface area contributed by atoms with Gasteiger partial charge in [0.2, 0.25) is 0 Å². The van der Waals surface area contributed by atoms with Crippen LogP contribution in [0, 0.1) is 13.8 Å². The summed E-state index contributed by atoms with van der Waals surface area (Å²) in [6, 6.07) is 7.38. The third kappa shape index (κ3) is 2.96. The van der Waals surface area contributed by atoms with Gasteiger partial charge >= 0.3 is 0 Å². The first-order chi connectivity index (χ1) is 9.13. The second-order valence-corrected chi connectivity index (χ2v) is 4.83.